The van der Waals surface area contributed by atoms with E-state index in [0.717, 1.165) is 4.47 Å². The van der Waals surface area contributed by atoms with Crippen LogP contribution in [0, 0.1) is 0 Å². The van der Waals surface area contributed by atoms with Crippen LogP contribution in [0.25, 0.3) is 0 Å². The quantitative estimate of drug-likeness (QED) is 0.761. The number of carbonyl (C=O) groups excluding carboxylic acids is 1. The number of halogens is 1. The summed E-state index contributed by atoms with van der Waals surface area (Å²) in [5.74, 6) is -0.700. The molecule has 1 heterocycles. The third-order valence-corrected chi connectivity index (χ3v) is 5.03. The molecular formula is C13H14BrN3O4S. The van der Waals surface area contributed by atoms with E-state index in [0.29, 0.717) is 0 Å². The summed E-state index contributed by atoms with van der Waals surface area (Å²) in [4.78, 5) is 12.0. The Balaban J connectivity index is 2.18. The Morgan fingerprint density at radius 1 is 1.45 bits per heavy atom. The Morgan fingerprint density at radius 3 is 2.77 bits per heavy atom. The zero-order valence-electron chi connectivity index (χ0n) is 11.7. The fraction of sp³-hybridized carbons (Fsp3) is 0.231. The minimum Gasteiger partial charge on any atom is -0.506 e. The zero-order chi connectivity index (χ0) is 16.3. The summed E-state index contributed by atoms with van der Waals surface area (Å²) >= 11 is 3.22. The van der Waals surface area contributed by atoms with Gasteiger partial charge in [0, 0.05) is 6.20 Å². The standard InChI is InChI=1S/C13H14BrN3O4S/c1-2-22(20,21)10-3-4-12(18)11(5-10)16-13(19)8-17-7-9(14)6-15-17/h3-7,18H,2,8H2,1H3,(H,16,19). The molecule has 0 bridgehead atoms. The third kappa shape index (κ3) is 3.86. The normalized spacial score (nSPS) is 11.4. The van der Waals surface area contributed by atoms with Gasteiger partial charge in [-0.2, -0.15) is 5.10 Å². The largest absolute Gasteiger partial charge is 0.506 e. The molecule has 9 heteroatoms. The van der Waals surface area contributed by atoms with Crippen LogP contribution in [0.1, 0.15) is 6.92 Å². The summed E-state index contributed by atoms with van der Waals surface area (Å²) in [6, 6.07) is 3.78. The Hall–Kier alpha value is -1.87. The summed E-state index contributed by atoms with van der Waals surface area (Å²) in [6.45, 7) is 1.46. The first-order valence-corrected chi connectivity index (χ1v) is 8.80. The van der Waals surface area contributed by atoms with Crippen molar-refractivity contribution in [2.24, 2.45) is 0 Å². The molecule has 2 N–H and O–H groups in total. The van der Waals surface area contributed by atoms with Crippen molar-refractivity contribution in [3.63, 3.8) is 0 Å². The minimum atomic E-state index is -3.41. The van der Waals surface area contributed by atoms with Crippen molar-refractivity contribution in [3.8, 4) is 5.75 Å². The van der Waals surface area contributed by atoms with Crippen molar-refractivity contribution in [3.05, 3.63) is 35.1 Å². The Bertz CT molecular complexity index is 801. The van der Waals surface area contributed by atoms with Crippen molar-refractivity contribution >= 4 is 37.4 Å². The van der Waals surface area contributed by atoms with Gasteiger partial charge in [0.25, 0.3) is 0 Å². The smallest absolute Gasteiger partial charge is 0.246 e. The molecule has 0 saturated heterocycles. The summed E-state index contributed by atoms with van der Waals surface area (Å²) in [6.07, 6.45) is 3.16. The van der Waals surface area contributed by atoms with Gasteiger partial charge in [0.15, 0.2) is 9.84 Å². The van der Waals surface area contributed by atoms with Crippen molar-refractivity contribution in [2.45, 2.75) is 18.4 Å². The molecule has 0 saturated carbocycles. The first kappa shape index (κ1) is 16.5. The van der Waals surface area contributed by atoms with Crippen LogP contribution >= 0.6 is 15.9 Å². The van der Waals surface area contributed by atoms with Gasteiger partial charge in [-0.1, -0.05) is 6.92 Å². The summed E-state index contributed by atoms with van der Waals surface area (Å²) in [5.41, 5.74) is 0.0470. The van der Waals surface area contributed by atoms with Crippen LogP contribution in [0.4, 0.5) is 5.69 Å². The van der Waals surface area contributed by atoms with Crippen LogP contribution < -0.4 is 5.32 Å². The molecule has 118 valence electrons. The molecule has 1 aromatic carbocycles. The molecule has 1 aromatic heterocycles. The SMILES string of the molecule is CCS(=O)(=O)c1ccc(O)c(NC(=O)Cn2cc(Br)cn2)c1. The number of aromatic nitrogens is 2. The van der Waals surface area contributed by atoms with E-state index in [1.165, 1.54) is 29.8 Å². The number of phenols is 1. The van der Waals surface area contributed by atoms with E-state index in [9.17, 15) is 18.3 Å². The van der Waals surface area contributed by atoms with E-state index in [4.69, 9.17) is 0 Å². The minimum absolute atomic E-state index is 0.0462. The molecule has 0 radical (unpaired) electrons. The van der Waals surface area contributed by atoms with Gasteiger partial charge >= 0.3 is 0 Å². The number of hydrogen-bond acceptors (Lipinski definition) is 5. The zero-order valence-corrected chi connectivity index (χ0v) is 14.1. The topological polar surface area (TPSA) is 101 Å². The van der Waals surface area contributed by atoms with Crippen molar-refractivity contribution < 1.29 is 18.3 Å². The van der Waals surface area contributed by atoms with E-state index in [1.54, 1.807) is 12.4 Å². The summed E-state index contributed by atoms with van der Waals surface area (Å²) < 4.78 is 25.8. The van der Waals surface area contributed by atoms with Gasteiger partial charge in [-0.15, -0.1) is 0 Å². The molecule has 0 unspecified atom stereocenters. The van der Waals surface area contributed by atoms with E-state index < -0.39 is 15.7 Å². The van der Waals surface area contributed by atoms with E-state index >= 15 is 0 Å². The highest BCUT2D eigenvalue weighted by Crippen LogP contribution is 2.27. The van der Waals surface area contributed by atoms with Gasteiger partial charge in [0.05, 0.1) is 27.0 Å². The first-order chi connectivity index (χ1) is 10.3. The predicted octanol–water partition coefficient (Wildman–Crippen LogP) is 1.78. The second kappa shape index (κ2) is 6.49. The maximum Gasteiger partial charge on any atom is 0.246 e. The Labute approximate surface area is 136 Å². The van der Waals surface area contributed by atoms with Crippen LogP contribution in [0.2, 0.25) is 0 Å². The molecule has 2 aromatic rings. The molecule has 22 heavy (non-hydrogen) atoms. The van der Waals surface area contributed by atoms with Crippen LogP contribution in [0.15, 0.2) is 40.0 Å². The molecule has 2 rings (SSSR count). The maximum absolute atomic E-state index is 11.9. The average molecular weight is 388 g/mol. The highest BCUT2D eigenvalue weighted by atomic mass is 79.9. The number of hydrogen-bond donors (Lipinski definition) is 2. The van der Waals surface area contributed by atoms with Crippen LogP contribution in [0.3, 0.4) is 0 Å². The second-order valence-electron chi connectivity index (χ2n) is 4.49. The van der Waals surface area contributed by atoms with Crippen molar-refractivity contribution in [2.75, 3.05) is 11.1 Å². The van der Waals surface area contributed by atoms with Crippen molar-refractivity contribution in [1.29, 1.82) is 0 Å². The summed E-state index contributed by atoms with van der Waals surface area (Å²) in [5, 5.41) is 16.2. The molecule has 0 aliphatic heterocycles. The monoisotopic (exact) mass is 387 g/mol. The second-order valence-corrected chi connectivity index (χ2v) is 7.68. The van der Waals surface area contributed by atoms with Crippen molar-refractivity contribution in [1.82, 2.24) is 9.78 Å². The average Bonchev–Trinajstić information content (AvgIpc) is 2.86. The lowest BCUT2D eigenvalue weighted by Gasteiger charge is -2.09. The van der Waals surface area contributed by atoms with E-state index in [-0.39, 0.29) is 28.6 Å². The number of anilines is 1. The van der Waals surface area contributed by atoms with Gasteiger partial charge in [-0.3, -0.25) is 9.48 Å². The first-order valence-electron chi connectivity index (χ1n) is 6.35. The third-order valence-electron chi connectivity index (χ3n) is 2.89. The van der Waals surface area contributed by atoms with Gasteiger partial charge in [-0.25, -0.2) is 8.42 Å². The highest BCUT2D eigenvalue weighted by Gasteiger charge is 2.15. The number of amides is 1. The molecule has 7 nitrogen and oxygen atoms in total. The van der Waals surface area contributed by atoms with Crippen LogP contribution in [-0.4, -0.2) is 35.0 Å². The number of sulfone groups is 1. The number of nitrogens with zero attached hydrogens (tertiary/aromatic N) is 2. The number of benzene rings is 1. The number of aromatic hydroxyl groups is 1. The lowest BCUT2D eigenvalue weighted by atomic mass is 10.3. The fourth-order valence-corrected chi connectivity index (χ4v) is 2.97. The Morgan fingerprint density at radius 2 is 2.18 bits per heavy atom. The number of nitrogens with one attached hydrogen (secondary N) is 1. The lowest BCUT2D eigenvalue weighted by molar-refractivity contribution is -0.116. The van der Waals surface area contributed by atoms with Gasteiger partial charge < -0.3 is 10.4 Å². The molecule has 0 aliphatic carbocycles. The number of carbonyl (C=O) groups is 1. The molecule has 1 amide bonds. The summed E-state index contributed by atoms with van der Waals surface area (Å²) in [7, 11) is -3.41. The van der Waals surface area contributed by atoms with E-state index in [2.05, 4.69) is 26.3 Å². The lowest BCUT2D eigenvalue weighted by Crippen LogP contribution is -2.19. The molecule has 0 atom stereocenters. The fourth-order valence-electron chi connectivity index (χ4n) is 1.74. The maximum atomic E-state index is 11.9. The number of rotatable bonds is 5. The molecule has 0 fully saturated rings. The van der Waals surface area contributed by atoms with Gasteiger partial charge in [0.2, 0.25) is 5.91 Å². The predicted molar refractivity (Wildman–Crippen MR) is 84.4 cm³/mol. The number of phenolic OH excluding ortho intramolecular Hbond substituents is 1. The Kier molecular flexibility index (Phi) is 4.87. The highest BCUT2D eigenvalue weighted by molar-refractivity contribution is 9.10. The molecule has 0 spiro atoms. The molecule has 0 aliphatic rings. The van der Waals surface area contributed by atoms with Crippen LogP contribution in [-0.2, 0) is 21.2 Å². The van der Waals surface area contributed by atoms with Gasteiger partial charge in [0.1, 0.15) is 12.3 Å². The van der Waals surface area contributed by atoms with Crippen LogP contribution in [0.5, 0.6) is 5.75 Å². The molecular weight excluding hydrogens is 374 g/mol. The van der Waals surface area contributed by atoms with Gasteiger partial charge in [-0.05, 0) is 34.1 Å². The van der Waals surface area contributed by atoms with E-state index in [1.807, 2.05) is 0 Å².